The number of rotatable bonds is 8. The van der Waals surface area contributed by atoms with Crippen molar-refractivity contribution in [1.82, 2.24) is 0 Å². The number of para-hydroxylation sites is 1. The molecular weight excluding hydrogens is 384 g/mol. The highest BCUT2D eigenvalue weighted by atomic mass is 19.3. The fourth-order valence-electron chi connectivity index (χ4n) is 2.62. The summed E-state index contributed by atoms with van der Waals surface area (Å²) in [6.07, 6.45) is -1.07. The predicted octanol–water partition coefficient (Wildman–Crippen LogP) is 4.49. The van der Waals surface area contributed by atoms with Gasteiger partial charge in [-0.2, -0.15) is 8.78 Å². The molecule has 2 aromatic rings. The Labute approximate surface area is 167 Å². The second-order valence-electron chi connectivity index (χ2n) is 6.28. The van der Waals surface area contributed by atoms with Crippen LogP contribution in [0, 0.1) is 13.8 Å². The normalized spacial score (nSPS) is 11.7. The Morgan fingerprint density at radius 3 is 2.31 bits per heavy atom. The van der Waals surface area contributed by atoms with E-state index in [1.165, 1.54) is 25.1 Å². The number of aryl methyl sites for hydroxylation is 2. The molecule has 29 heavy (non-hydrogen) atoms. The second-order valence-corrected chi connectivity index (χ2v) is 6.28. The molecule has 0 heterocycles. The van der Waals surface area contributed by atoms with Crippen LogP contribution in [0.4, 0.5) is 14.5 Å². The van der Waals surface area contributed by atoms with Gasteiger partial charge in [-0.3, -0.25) is 4.79 Å². The van der Waals surface area contributed by atoms with E-state index in [-0.39, 0.29) is 23.7 Å². The third kappa shape index (κ3) is 5.91. The molecule has 1 N–H and O–H groups in total. The molecule has 0 aromatic heterocycles. The Kier molecular flexibility index (Phi) is 7.52. The number of carbonyl (C=O) groups is 2. The van der Waals surface area contributed by atoms with Crippen LogP contribution in [0.1, 0.15) is 35.3 Å². The lowest BCUT2D eigenvalue weighted by atomic mass is 10.1. The highest BCUT2D eigenvalue weighted by molar-refractivity contribution is 5.98. The van der Waals surface area contributed by atoms with Gasteiger partial charge in [-0.15, -0.1) is 0 Å². The molecule has 1 atom stereocenters. The van der Waals surface area contributed by atoms with E-state index in [4.69, 9.17) is 9.47 Å². The van der Waals surface area contributed by atoms with Crippen LogP contribution in [0.15, 0.2) is 36.4 Å². The van der Waals surface area contributed by atoms with Crippen molar-refractivity contribution < 1.29 is 32.6 Å². The number of hydrogen-bond donors (Lipinski definition) is 1. The average Bonchev–Trinajstić information content (AvgIpc) is 2.65. The molecular formula is C21H23F2NO5. The predicted molar refractivity (Wildman–Crippen MR) is 104 cm³/mol. The largest absolute Gasteiger partial charge is 0.490 e. The third-order valence-corrected chi connectivity index (χ3v) is 4.08. The fraction of sp³-hybridized carbons (Fsp3) is 0.333. The molecule has 0 aliphatic heterocycles. The molecule has 0 fully saturated rings. The smallest absolute Gasteiger partial charge is 0.387 e. The summed E-state index contributed by atoms with van der Waals surface area (Å²) in [4.78, 5) is 24.8. The summed E-state index contributed by atoms with van der Waals surface area (Å²) in [5.41, 5.74) is 2.47. The highest BCUT2D eigenvalue weighted by Gasteiger charge is 2.22. The number of benzene rings is 2. The summed E-state index contributed by atoms with van der Waals surface area (Å²) >= 11 is 0. The van der Waals surface area contributed by atoms with E-state index in [1.54, 1.807) is 6.92 Å². The van der Waals surface area contributed by atoms with Crippen LogP contribution in [0.25, 0.3) is 0 Å². The minimum atomic E-state index is -3.03. The van der Waals surface area contributed by atoms with Gasteiger partial charge >= 0.3 is 12.6 Å². The summed E-state index contributed by atoms with van der Waals surface area (Å²) in [7, 11) is 0. The molecule has 0 aliphatic rings. The molecule has 0 unspecified atom stereocenters. The van der Waals surface area contributed by atoms with Gasteiger partial charge in [0, 0.05) is 5.69 Å². The van der Waals surface area contributed by atoms with Crippen LogP contribution in [-0.2, 0) is 9.53 Å². The van der Waals surface area contributed by atoms with E-state index < -0.39 is 24.6 Å². The first-order valence-corrected chi connectivity index (χ1v) is 9.02. The van der Waals surface area contributed by atoms with Gasteiger partial charge in [0.15, 0.2) is 17.6 Å². The van der Waals surface area contributed by atoms with Crippen LogP contribution in [0.3, 0.4) is 0 Å². The van der Waals surface area contributed by atoms with Crippen molar-refractivity contribution >= 4 is 17.6 Å². The maximum atomic E-state index is 12.5. The molecule has 0 spiro atoms. The van der Waals surface area contributed by atoms with E-state index >= 15 is 0 Å². The molecule has 0 saturated carbocycles. The van der Waals surface area contributed by atoms with Gasteiger partial charge in [0.2, 0.25) is 0 Å². The van der Waals surface area contributed by atoms with Crippen LogP contribution in [0.2, 0.25) is 0 Å². The summed E-state index contributed by atoms with van der Waals surface area (Å²) in [5, 5.41) is 2.75. The second kappa shape index (κ2) is 9.86. The fourth-order valence-corrected chi connectivity index (χ4v) is 2.62. The van der Waals surface area contributed by atoms with Gasteiger partial charge in [-0.25, -0.2) is 4.79 Å². The van der Waals surface area contributed by atoms with Crippen molar-refractivity contribution in [3.05, 3.63) is 53.1 Å². The Bertz CT molecular complexity index is 865. The van der Waals surface area contributed by atoms with Crippen LogP contribution < -0.4 is 14.8 Å². The lowest BCUT2D eigenvalue weighted by Gasteiger charge is -2.17. The topological polar surface area (TPSA) is 73.9 Å². The van der Waals surface area contributed by atoms with E-state index in [9.17, 15) is 18.4 Å². The number of nitrogens with one attached hydrogen (secondary N) is 1. The molecule has 2 rings (SSSR count). The lowest BCUT2D eigenvalue weighted by Crippen LogP contribution is -2.30. The van der Waals surface area contributed by atoms with Crippen molar-refractivity contribution in [2.45, 2.75) is 40.4 Å². The van der Waals surface area contributed by atoms with Crippen LogP contribution >= 0.6 is 0 Å². The van der Waals surface area contributed by atoms with E-state index in [0.29, 0.717) is 5.69 Å². The van der Waals surface area contributed by atoms with Gasteiger partial charge in [-0.05, 0) is 57.0 Å². The lowest BCUT2D eigenvalue weighted by molar-refractivity contribution is -0.123. The molecule has 156 valence electrons. The number of ether oxygens (including phenoxy) is 3. The number of hydrogen-bond acceptors (Lipinski definition) is 5. The number of carbonyl (C=O) groups excluding carboxylic acids is 2. The number of amides is 1. The van der Waals surface area contributed by atoms with Crippen molar-refractivity contribution in [3.63, 3.8) is 0 Å². The molecule has 2 aromatic carbocycles. The minimum absolute atomic E-state index is 0.0186. The summed E-state index contributed by atoms with van der Waals surface area (Å²) in [6, 6.07) is 9.28. The zero-order chi connectivity index (χ0) is 21.6. The number of esters is 1. The number of halogens is 2. The van der Waals surface area contributed by atoms with Gasteiger partial charge in [0.05, 0.1) is 12.2 Å². The van der Waals surface area contributed by atoms with E-state index in [1.807, 2.05) is 32.0 Å². The van der Waals surface area contributed by atoms with Gasteiger partial charge in [-0.1, -0.05) is 18.2 Å². The standard InChI is InChI=1S/C21H23F2NO5/c1-5-27-17-11-15(9-10-16(17)29-21(22)23)20(26)28-14(4)19(25)24-18-12(2)7-6-8-13(18)3/h6-11,14,21H,5H2,1-4H3,(H,24,25)/t14-/m0/s1. The third-order valence-electron chi connectivity index (χ3n) is 4.08. The zero-order valence-corrected chi connectivity index (χ0v) is 16.6. The van der Waals surface area contributed by atoms with Crippen molar-refractivity contribution in [2.24, 2.45) is 0 Å². The Morgan fingerprint density at radius 1 is 1.07 bits per heavy atom. The average molecular weight is 407 g/mol. The molecule has 0 aliphatic carbocycles. The molecule has 0 radical (unpaired) electrons. The molecule has 0 saturated heterocycles. The first kappa shape index (κ1) is 22.1. The molecule has 1 amide bonds. The number of anilines is 1. The molecule has 6 nitrogen and oxygen atoms in total. The van der Waals surface area contributed by atoms with Crippen molar-refractivity contribution in [1.29, 1.82) is 0 Å². The van der Waals surface area contributed by atoms with Crippen molar-refractivity contribution in [3.8, 4) is 11.5 Å². The molecule has 0 bridgehead atoms. The van der Waals surface area contributed by atoms with Gasteiger partial charge in [0.25, 0.3) is 5.91 Å². The Morgan fingerprint density at radius 2 is 1.72 bits per heavy atom. The van der Waals surface area contributed by atoms with Crippen molar-refractivity contribution in [2.75, 3.05) is 11.9 Å². The monoisotopic (exact) mass is 407 g/mol. The van der Waals surface area contributed by atoms with Crippen LogP contribution in [0.5, 0.6) is 11.5 Å². The summed E-state index contributed by atoms with van der Waals surface area (Å²) in [5.74, 6) is -1.49. The van der Waals surface area contributed by atoms with E-state index in [0.717, 1.165) is 11.1 Å². The number of alkyl halides is 2. The first-order chi connectivity index (χ1) is 13.7. The SMILES string of the molecule is CCOc1cc(C(=O)O[C@@H](C)C(=O)Nc2c(C)cccc2C)ccc1OC(F)F. The van der Waals surface area contributed by atoms with Gasteiger partial charge < -0.3 is 19.5 Å². The zero-order valence-electron chi connectivity index (χ0n) is 16.6. The van der Waals surface area contributed by atoms with E-state index in [2.05, 4.69) is 10.1 Å². The molecule has 8 heteroatoms. The van der Waals surface area contributed by atoms with Crippen LogP contribution in [-0.4, -0.2) is 31.2 Å². The minimum Gasteiger partial charge on any atom is -0.490 e. The Hall–Kier alpha value is -3.16. The summed E-state index contributed by atoms with van der Waals surface area (Å²) in [6.45, 7) is 3.98. The Balaban J connectivity index is 2.10. The maximum absolute atomic E-state index is 12.5. The maximum Gasteiger partial charge on any atom is 0.387 e. The first-order valence-electron chi connectivity index (χ1n) is 9.02. The highest BCUT2D eigenvalue weighted by Crippen LogP contribution is 2.30. The summed E-state index contributed by atoms with van der Waals surface area (Å²) < 4.78 is 39.8. The quantitative estimate of drug-likeness (QED) is 0.653. The van der Waals surface area contributed by atoms with Gasteiger partial charge in [0.1, 0.15) is 0 Å².